The lowest BCUT2D eigenvalue weighted by Crippen LogP contribution is -2.34. The van der Waals surface area contributed by atoms with Gasteiger partial charge in [-0.2, -0.15) is 0 Å². The summed E-state index contributed by atoms with van der Waals surface area (Å²) >= 11 is 0. The lowest BCUT2D eigenvalue weighted by Gasteiger charge is -2.13. The number of aryl methyl sites for hydroxylation is 3. The first-order valence-corrected chi connectivity index (χ1v) is 9.25. The molecule has 0 aromatic carbocycles. The summed E-state index contributed by atoms with van der Waals surface area (Å²) in [6, 6.07) is 5.34. The Morgan fingerprint density at radius 2 is 1.97 bits per heavy atom. The fourth-order valence-electron chi connectivity index (χ4n) is 2.94. The van der Waals surface area contributed by atoms with E-state index in [2.05, 4.69) is 20.7 Å². The first-order valence-electron chi connectivity index (χ1n) is 9.25. The highest BCUT2D eigenvalue weighted by Crippen LogP contribution is 2.08. The molecule has 0 unspecified atom stereocenters. The maximum atomic E-state index is 12.8. The van der Waals surface area contributed by atoms with Crippen LogP contribution in [0.1, 0.15) is 28.2 Å². The van der Waals surface area contributed by atoms with Crippen molar-refractivity contribution in [2.45, 2.75) is 33.4 Å². The number of nitrogens with two attached hydrogens (primary N) is 1. The molecule has 0 saturated heterocycles. The average Bonchev–Trinajstić information content (AvgIpc) is 3.08. The van der Waals surface area contributed by atoms with Crippen molar-refractivity contribution in [3.8, 4) is 0 Å². The maximum Gasteiger partial charge on any atom is 0.272 e. The van der Waals surface area contributed by atoms with Gasteiger partial charge in [0, 0.05) is 43.4 Å². The molecule has 29 heavy (non-hydrogen) atoms. The minimum Gasteiger partial charge on any atom is -0.384 e. The Hall–Kier alpha value is -3.62. The average molecular weight is 395 g/mol. The van der Waals surface area contributed by atoms with Gasteiger partial charge in [0.2, 0.25) is 5.91 Å². The molecular weight excluding hydrogens is 370 g/mol. The largest absolute Gasteiger partial charge is 0.384 e. The fourth-order valence-corrected chi connectivity index (χ4v) is 2.94. The Morgan fingerprint density at radius 3 is 2.66 bits per heavy atom. The lowest BCUT2D eigenvalue weighted by atomic mass is 10.1. The maximum absolute atomic E-state index is 12.8. The van der Waals surface area contributed by atoms with Crippen molar-refractivity contribution in [1.82, 2.24) is 24.5 Å². The van der Waals surface area contributed by atoms with Crippen molar-refractivity contribution >= 4 is 11.7 Å². The van der Waals surface area contributed by atoms with Crippen molar-refractivity contribution in [2.75, 3.05) is 11.2 Å². The molecule has 0 aliphatic rings. The zero-order chi connectivity index (χ0) is 21.0. The van der Waals surface area contributed by atoms with Crippen LogP contribution >= 0.6 is 0 Å². The third-order valence-corrected chi connectivity index (χ3v) is 4.79. The summed E-state index contributed by atoms with van der Waals surface area (Å²) in [4.78, 5) is 33.6. The van der Waals surface area contributed by atoms with E-state index in [0.29, 0.717) is 24.5 Å². The molecule has 3 aromatic heterocycles. The van der Waals surface area contributed by atoms with E-state index in [9.17, 15) is 9.59 Å². The van der Waals surface area contributed by atoms with E-state index < -0.39 is 0 Å². The molecule has 0 bridgehead atoms. The van der Waals surface area contributed by atoms with Crippen molar-refractivity contribution < 1.29 is 4.79 Å². The molecule has 152 valence electrons. The molecule has 0 aliphatic heterocycles. The molecule has 0 atom stereocenters. The van der Waals surface area contributed by atoms with E-state index in [1.165, 1.54) is 4.68 Å². The second-order valence-corrected chi connectivity index (χ2v) is 6.88. The Labute approximate surface area is 168 Å². The molecule has 0 fully saturated rings. The molecule has 0 radical (unpaired) electrons. The molecular formula is C20H25N7O2. The van der Waals surface area contributed by atoms with Gasteiger partial charge < -0.3 is 21.0 Å². The van der Waals surface area contributed by atoms with Crippen LogP contribution in [-0.4, -0.2) is 25.1 Å². The predicted octanol–water partition coefficient (Wildman–Crippen LogP) is 0.778. The molecule has 9 heteroatoms. The highest BCUT2D eigenvalue weighted by atomic mass is 16.2. The summed E-state index contributed by atoms with van der Waals surface area (Å²) in [6.07, 6.45) is 5.19. The van der Waals surface area contributed by atoms with Gasteiger partial charge in [-0.3, -0.25) is 9.59 Å². The molecule has 9 nitrogen and oxygen atoms in total. The Balaban J connectivity index is 1.67. The summed E-state index contributed by atoms with van der Waals surface area (Å²) in [6.45, 7) is 4.38. The van der Waals surface area contributed by atoms with E-state index in [1.54, 1.807) is 18.5 Å². The molecule has 3 heterocycles. The van der Waals surface area contributed by atoms with Crippen LogP contribution in [0, 0.1) is 13.8 Å². The second-order valence-electron chi connectivity index (χ2n) is 6.88. The number of pyridine rings is 2. The van der Waals surface area contributed by atoms with Gasteiger partial charge in [-0.05, 0) is 37.1 Å². The van der Waals surface area contributed by atoms with Gasteiger partial charge in [0.15, 0.2) is 0 Å². The van der Waals surface area contributed by atoms with Crippen LogP contribution in [0.2, 0.25) is 0 Å². The van der Waals surface area contributed by atoms with Crippen molar-refractivity contribution in [3.63, 3.8) is 0 Å². The highest BCUT2D eigenvalue weighted by Gasteiger charge is 2.13. The summed E-state index contributed by atoms with van der Waals surface area (Å²) in [5, 5.41) is 2.84. The fraction of sp³-hybridized carbons (Fsp3) is 0.300. The van der Waals surface area contributed by atoms with Crippen LogP contribution < -0.4 is 22.0 Å². The van der Waals surface area contributed by atoms with E-state index in [4.69, 9.17) is 5.73 Å². The summed E-state index contributed by atoms with van der Waals surface area (Å²) in [5.41, 5.74) is 11.3. The minimum atomic E-state index is -0.250. The molecule has 1 amide bonds. The highest BCUT2D eigenvalue weighted by molar-refractivity contribution is 5.78. The first kappa shape index (κ1) is 20.1. The van der Waals surface area contributed by atoms with Gasteiger partial charge >= 0.3 is 0 Å². The van der Waals surface area contributed by atoms with E-state index >= 15 is 0 Å². The monoisotopic (exact) mass is 395 g/mol. The number of nitrogens with one attached hydrogen (secondary N) is 2. The Morgan fingerprint density at radius 1 is 1.17 bits per heavy atom. The smallest absolute Gasteiger partial charge is 0.272 e. The van der Waals surface area contributed by atoms with Crippen molar-refractivity contribution in [1.29, 1.82) is 0 Å². The summed E-state index contributed by atoms with van der Waals surface area (Å²) < 4.78 is 3.26. The summed E-state index contributed by atoms with van der Waals surface area (Å²) in [7, 11) is 1.88. The van der Waals surface area contributed by atoms with Crippen LogP contribution in [0.3, 0.4) is 0 Å². The third kappa shape index (κ3) is 4.81. The zero-order valence-corrected chi connectivity index (χ0v) is 16.8. The van der Waals surface area contributed by atoms with Crippen LogP contribution in [0.5, 0.6) is 0 Å². The number of carbonyl (C=O) groups excluding carboxylic acids is 1. The number of aromatic nitrogens is 4. The number of amides is 1. The van der Waals surface area contributed by atoms with Gasteiger partial charge in [-0.25, -0.2) is 14.6 Å². The summed E-state index contributed by atoms with van der Waals surface area (Å²) in [5.74, 6) is 1.00. The van der Waals surface area contributed by atoms with Gasteiger partial charge in [0.25, 0.3) is 5.56 Å². The number of anilines is 1. The Kier molecular flexibility index (Phi) is 5.96. The minimum absolute atomic E-state index is 0.00294. The van der Waals surface area contributed by atoms with Gasteiger partial charge in [0.1, 0.15) is 11.6 Å². The number of hydrogen-bond acceptors (Lipinski definition) is 6. The van der Waals surface area contributed by atoms with Gasteiger partial charge in [-0.1, -0.05) is 6.07 Å². The number of nitrogen functional groups attached to an aromatic ring is 1. The number of carbonyl (C=O) groups is 1. The zero-order valence-electron chi connectivity index (χ0n) is 16.8. The van der Waals surface area contributed by atoms with Crippen LogP contribution in [0.4, 0.5) is 5.82 Å². The van der Waals surface area contributed by atoms with Gasteiger partial charge in [0.05, 0.1) is 13.0 Å². The Bertz CT molecular complexity index is 1080. The van der Waals surface area contributed by atoms with E-state index in [1.807, 2.05) is 43.8 Å². The first-order chi connectivity index (χ1) is 13.8. The molecule has 3 rings (SSSR count). The van der Waals surface area contributed by atoms with Crippen molar-refractivity contribution in [3.05, 3.63) is 75.4 Å². The number of hydrogen-bond donors (Lipinski definition) is 3. The molecule has 0 spiro atoms. The molecule has 4 N–H and O–H groups in total. The predicted molar refractivity (Wildman–Crippen MR) is 111 cm³/mol. The third-order valence-electron chi connectivity index (χ3n) is 4.79. The second kappa shape index (κ2) is 8.59. The topological polar surface area (TPSA) is 120 Å². The van der Waals surface area contributed by atoms with E-state index in [0.717, 1.165) is 22.6 Å². The molecule has 0 saturated carbocycles. The number of nitrogens with zero attached hydrogens (tertiary/aromatic N) is 4. The molecule has 0 aliphatic carbocycles. The number of imidazole rings is 1. The van der Waals surface area contributed by atoms with E-state index in [-0.39, 0.29) is 17.9 Å². The normalized spacial score (nSPS) is 10.7. The standard InChI is InChI=1S/C20H25N7O2/c1-13-6-8-27(24-12-18-22-7-9-26(18)3)20(29)16(13)10-19(28)23-11-15-4-5-17(21)25-14(15)2/h4-9,24H,10-12H2,1-3H3,(H2,21,25)(H,23,28). The van der Waals surface area contributed by atoms with Crippen LogP contribution in [0.25, 0.3) is 0 Å². The number of rotatable bonds is 7. The quantitative estimate of drug-likeness (QED) is 0.544. The van der Waals surface area contributed by atoms with Crippen molar-refractivity contribution in [2.24, 2.45) is 7.05 Å². The lowest BCUT2D eigenvalue weighted by molar-refractivity contribution is -0.120. The van der Waals surface area contributed by atoms with Crippen LogP contribution in [-0.2, 0) is 31.4 Å². The van der Waals surface area contributed by atoms with Crippen LogP contribution in [0.15, 0.2) is 41.6 Å². The van der Waals surface area contributed by atoms with Gasteiger partial charge in [-0.15, -0.1) is 0 Å². The SMILES string of the molecule is Cc1ccn(NCc2nccn2C)c(=O)c1CC(=O)NCc1ccc(N)nc1C. The molecule has 3 aromatic rings.